The summed E-state index contributed by atoms with van der Waals surface area (Å²) in [5.74, 6) is 0.943. The van der Waals surface area contributed by atoms with Crippen molar-refractivity contribution in [3.05, 3.63) is 57.9 Å². The quantitative estimate of drug-likeness (QED) is 0.640. The van der Waals surface area contributed by atoms with Crippen molar-refractivity contribution in [3.8, 4) is 11.5 Å². The van der Waals surface area contributed by atoms with Gasteiger partial charge in [-0.15, -0.1) is 10.2 Å². The zero-order valence-electron chi connectivity index (χ0n) is 16.3. The molecule has 2 aromatic heterocycles. The van der Waals surface area contributed by atoms with Crippen LogP contribution >= 0.6 is 11.6 Å². The molecule has 1 aromatic carbocycles. The molecule has 0 unspecified atom stereocenters. The molecule has 0 saturated heterocycles. The van der Waals surface area contributed by atoms with Crippen LogP contribution in [0.25, 0.3) is 11.5 Å². The number of nitrogens with one attached hydrogen (secondary N) is 1. The summed E-state index contributed by atoms with van der Waals surface area (Å²) in [5, 5.41) is 11.3. The number of aryl methyl sites for hydroxylation is 1. The minimum atomic E-state index is -0.477. The van der Waals surface area contributed by atoms with Gasteiger partial charge in [0.15, 0.2) is 0 Å². The molecule has 0 aliphatic heterocycles. The average molecular weight is 417 g/mol. The molecule has 4 rings (SSSR count). The van der Waals surface area contributed by atoms with Gasteiger partial charge in [0.2, 0.25) is 17.7 Å². The number of carbonyl (C=O) groups is 1. The summed E-state index contributed by atoms with van der Waals surface area (Å²) in [6.07, 6.45) is 3.40. The van der Waals surface area contributed by atoms with Gasteiger partial charge >= 0.3 is 0 Å². The predicted molar refractivity (Wildman–Crippen MR) is 107 cm³/mol. The Morgan fingerprint density at radius 1 is 1.31 bits per heavy atom. The van der Waals surface area contributed by atoms with E-state index in [9.17, 15) is 9.18 Å². The lowest BCUT2D eigenvalue weighted by molar-refractivity contribution is -0.121. The lowest BCUT2D eigenvalue weighted by atomic mass is 9.85. The molecule has 6 nitrogen and oxygen atoms in total. The average Bonchev–Trinajstić information content (AvgIpc) is 3.21. The van der Waals surface area contributed by atoms with E-state index in [0.717, 1.165) is 35.4 Å². The van der Waals surface area contributed by atoms with Crippen molar-refractivity contribution in [3.63, 3.8) is 0 Å². The largest absolute Gasteiger partial charge is 0.420 e. The summed E-state index contributed by atoms with van der Waals surface area (Å²) in [5.41, 5.74) is 3.41. The number of halogens is 2. The minimum Gasteiger partial charge on any atom is -0.420 e. The summed E-state index contributed by atoms with van der Waals surface area (Å²) in [4.78, 5) is 12.4. The van der Waals surface area contributed by atoms with Gasteiger partial charge in [-0.3, -0.25) is 4.79 Å². The van der Waals surface area contributed by atoms with Crippen molar-refractivity contribution in [1.29, 1.82) is 0 Å². The Hall–Kier alpha value is -2.67. The van der Waals surface area contributed by atoms with Gasteiger partial charge in [0.1, 0.15) is 12.4 Å². The van der Waals surface area contributed by atoms with Crippen LogP contribution in [0.5, 0.6) is 0 Å². The van der Waals surface area contributed by atoms with Crippen molar-refractivity contribution in [2.24, 2.45) is 0 Å². The second-order valence-electron chi connectivity index (χ2n) is 7.47. The maximum absolute atomic E-state index is 13.2. The van der Waals surface area contributed by atoms with Gasteiger partial charge in [0, 0.05) is 23.9 Å². The van der Waals surface area contributed by atoms with Crippen molar-refractivity contribution in [2.75, 3.05) is 0 Å². The van der Waals surface area contributed by atoms with Gasteiger partial charge in [-0.05, 0) is 50.5 Å². The van der Waals surface area contributed by atoms with Crippen LogP contribution in [-0.4, -0.2) is 20.7 Å². The van der Waals surface area contributed by atoms with E-state index in [-0.39, 0.29) is 24.0 Å². The maximum Gasteiger partial charge on any atom is 0.249 e. The third-order valence-electron chi connectivity index (χ3n) is 5.47. The third-order valence-corrected chi connectivity index (χ3v) is 5.76. The number of rotatable bonds is 6. The number of amides is 1. The molecule has 1 fully saturated rings. The third kappa shape index (κ3) is 4.05. The Morgan fingerprint density at radius 2 is 2.10 bits per heavy atom. The molecule has 1 N–H and O–H groups in total. The molecule has 0 spiro atoms. The molecule has 1 aliphatic rings. The normalized spacial score (nSPS) is 14.1. The smallest absolute Gasteiger partial charge is 0.249 e. The van der Waals surface area contributed by atoms with E-state index in [2.05, 4.69) is 15.5 Å². The van der Waals surface area contributed by atoms with Gasteiger partial charge in [-0.2, -0.15) is 0 Å². The number of aromatic nitrogens is 3. The highest BCUT2D eigenvalue weighted by atomic mass is 35.5. The molecule has 3 aromatic rings. The van der Waals surface area contributed by atoms with E-state index < -0.39 is 5.82 Å². The van der Waals surface area contributed by atoms with Gasteiger partial charge in [-0.25, -0.2) is 4.39 Å². The van der Waals surface area contributed by atoms with E-state index in [0.29, 0.717) is 17.7 Å². The van der Waals surface area contributed by atoms with Crippen LogP contribution in [0.4, 0.5) is 4.39 Å². The number of benzene rings is 1. The summed E-state index contributed by atoms with van der Waals surface area (Å²) >= 11 is 5.78. The van der Waals surface area contributed by atoms with Crippen molar-refractivity contribution >= 4 is 17.5 Å². The monoisotopic (exact) mass is 416 g/mol. The van der Waals surface area contributed by atoms with Gasteiger partial charge in [0.05, 0.1) is 10.6 Å². The first-order valence-electron chi connectivity index (χ1n) is 9.63. The van der Waals surface area contributed by atoms with Crippen molar-refractivity contribution in [2.45, 2.75) is 52.1 Å². The molecule has 29 heavy (non-hydrogen) atoms. The van der Waals surface area contributed by atoms with E-state index in [1.54, 1.807) is 6.07 Å². The fourth-order valence-electron chi connectivity index (χ4n) is 3.47. The van der Waals surface area contributed by atoms with Crippen LogP contribution in [0.3, 0.4) is 0 Å². The molecule has 1 aliphatic carbocycles. The number of hydrogen-bond acceptors (Lipinski definition) is 4. The molecular weight excluding hydrogens is 395 g/mol. The Balaban J connectivity index is 1.44. The van der Waals surface area contributed by atoms with Crippen LogP contribution in [0.1, 0.15) is 48.0 Å². The molecule has 8 heteroatoms. The molecule has 1 amide bonds. The molecule has 0 atom stereocenters. The van der Waals surface area contributed by atoms with Crippen LogP contribution in [-0.2, 0) is 17.9 Å². The second-order valence-corrected chi connectivity index (χ2v) is 7.88. The molecular formula is C21H22ClFN4O2. The van der Waals surface area contributed by atoms with E-state index in [1.165, 1.54) is 18.6 Å². The number of nitrogens with zero attached hydrogens (tertiary/aromatic N) is 3. The maximum atomic E-state index is 13.2. The van der Waals surface area contributed by atoms with Crippen molar-refractivity contribution < 1.29 is 13.6 Å². The van der Waals surface area contributed by atoms with Crippen LogP contribution in [0.15, 0.2) is 28.7 Å². The van der Waals surface area contributed by atoms with Gasteiger partial charge < -0.3 is 14.3 Å². The zero-order chi connectivity index (χ0) is 20.5. The summed E-state index contributed by atoms with van der Waals surface area (Å²) in [6, 6.07) is 6.36. The molecule has 2 heterocycles. The van der Waals surface area contributed by atoms with Gasteiger partial charge in [-0.1, -0.05) is 24.1 Å². The summed E-state index contributed by atoms with van der Waals surface area (Å²) in [6.45, 7) is 4.31. The number of hydrogen-bond donors (Lipinski definition) is 1. The highest BCUT2D eigenvalue weighted by Crippen LogP contribution is 2.37. The topological polar surface area (TPSA) is 73.0 Å². The standard InChI is InChI=1S/C21H22ClFN4O2/c1-12-8-16(21-26-25-20(29-21)15-4-3-5-15)13(2)27(12)11-19(28)24-10-14-6-7-18(23)17(22)9-14/h6-9,15H,3-5,10-11H2,1-2H3,(H,24,28). The SMILES string of the molecule is Cc1cc(-c2nnc(C3CCC3)o2)c(C)n1CC(=O)NCc1ccc(F)c(Cl)c1. The highest BCUT2D eigenvalue weighted by Gasteiger charge is 2.26. The zero-order valence-corrected chi connectivity index (χ0v) is 17.1. The van der Waals surface area contributed by atoms with E-state index in [4.69, 9.17) is 16.0 Å². The Morgan fingerprint density at radius 3 is 2.79 bits per heavy atom. The molecule has 1 saturated carbocycles. The van der Waals surface area contributed by atoms with E-state index >= 15 is 0 Å². The van der Waals surface area contributed by atoms with Crippen LogP contribution < -0.4 is 5.32 Å². The first-order valence-corrected chi connectivity index (χ1v) is 10.0. The lowest BCUT2D eigenvalue weighted by Crippen LogP contribution is -2.27. The predicted octanol–water partition coefficient (Wildman–Crippen LogP) is 4.53. The fraction of sp³-hybridized carbons (Fsp3) is 0.381. The second kappa shape index (κ2) is 7.99. The first-order chi connectivity index (χ1) is 13.9. The lowest BCUT2D eigenvalue weighted by Gasteiger charge is -2.20. The molecule has 152 valence electrons. The van der Waals surface area contributed by atoms with Crippen LogP contribution in [0.2, 0.25) is 5.02 Å². The minimum absolute atomic E-state index is 0.0410. The highest BCUT2D eigenvalue weighted by molar-refractivity contribution is 6.30. The molecule has 0 radical (unpaired) electrons. The first kappa shape index (κ1) is 19.6. The van der Waals surface area contributed by atoms with Crippen molar-refractivity contribution in [1.82, 2.24) is 20.1 Å². The van der Waals surface area contributed by atoms with Gasteiger partial charge in [0.25, 0.3) is 0 Å². The Kier molecular flexibility index (Phi) is 5.41. The van der Waals surface area contributed by atoms with E-state index in [1.807, 2.05) is 24.5 Å². The summed E-state index contributed by atoms with van der Waals surface area (Å²) in [7, 11) is 0. The molecule has 0 bridgehead atoms. The fourth-order valence-corrected chi connectivity index (χ4v) is 3.68. The Labute approximate surface area is 173 Å². The number of carbonyl (C=O) groups excluding carboxylic acids is 1. The summed E-state index contributed by atoms with van der Waals surface area (Å²) < 4.78 is 21.0. The van der Waals surface area contributed by atoms with Crippen LogP contribution in [0, 0.1) is 19.7 Å². The Bertz CT molecular complexity index is 1060.